The van der Waals surface area contributed by atoms with Gasteiger partial charge in [-0.15, -0.1) is 0 Å². The van der Waals surface area contributed by atoms with E-state index in [1.807, 2.05) is 4.68 Å². The van der Waals surface area contributed by atoms with Crippen molar-refractivity contribution in [3.05, 3.63) is 12.2 Å². The fourth-order valence-corrected chi connectivity index (χ4v) is 1.85. The number of aliphatic hydroxyl groups is 1. The lowest BCUT2D eigenvalue weighted by Crippen LogP contribution is -2.33. The van der Waals surface area contributed by atoms with E-state index in [0.717, 1.165) is 18.8 Å². The van der Waals surface area contributed by atoms with Crippen molar-refractivity contribution in [2.45, 2.75) is 38.3 Å². The molecule has 5 heteroatoms. The Morgan fingerprint density at radius 2 is 2.53 bits per heavy atom. The Kier molecular flexibility index (Phi) is 3.02. The summed E-state index contributed by atoms with van der Waals surface area (Å²) in [6.45, 7) is 4.00. The third kappa shape index (κ3) is 2.35. The van der Waals surface area contributed by atoms with Crippen molar-refractivity contribution in [2.75, 3.05) is 13.2 Å². The van der Waals surface area contributed by atoms with Gasteiger partial charge in [0.05, 0.1) is 12.2 Å². The van der Waals surface area contributed by atoms with Crippen LogP contribution < -0.4 is 0 Å². The second-order valence-corrected chi connectivity index (χ2v) is 4.10. The summed E-state index contributed by atoms with van der Waals surface area (Å²) in [6, 6.07) is 0. The first-order valence-corrected chi connectivity index (χ1v) is 5.40. The highest BCUT2D eigenvalue weighted by molar-refractivity contribution is 4.96. The van der Waals surface area contributed by atoms with Crippen LogP contribution in [0.25, 0.3) is 0 Å². The van der Waals surface area contributed by atoms with Crippen LogP contribution in [0, 0.1) is 0 Å². The number of nitrogens with zero attached hydrogens (tertiary/aromatic N) is 3. The van der Waals surface area contributed by atoms with Crippen LogP contribution >= 0.6 is 0 Å². The van der Waals surface area contributed by atoms with E-state index < -0.39 is 5.60 Å². The van der Waals surface area contributed by atoms with E-state index in [9.17, 15) is 5.11 Å². The minimum Gasteiger partial charge on any atom is -0.387 e. The lowest BCUT2D eigenvalue weighted by atomic mass is 9.99. The molecule has 0 saturated carbocycles. The first-order chi connectivity index (χ1) is 7.23. The second-order valence-electron chi connectivity index (χ2n) is 4.10. The molecule has 1 aromatic heterocycles. The van der Waals surface area contributed by atoms with Gasteiger partial charge in [0, 0.05) is 26.0 Å². The van der Waals surface area contributed by atoms with Gasteiger partial charge in [-0.2, -0.15) is 5.10 Å². The molecule has 1 N–H and O–H groups in total. The molecule has 2 heterocycles. The van der Waals surface area contributed by atoms with Gasteiger partial charge in [0.2, 0.25) is 0 Å². The smallest absolute Gasteiger partial charge is 0.138 e. The highest BCUT2D eigenvalue weighted by atomic mass is 16.5. The normalized spacial score (nSPS) is 26.0. The van der Waals surface area contributed by atoms with Crippen molar-refractivity contribution >= 4 is 0 Å². The van der Waals surface area contributed by atoms with Crippen molar-refractivity contribution in [1.82, 2.24) is 14.8 Å². The molecule has 1 unspecified atom stereocenters. The van der Waals surface area contributed by atoms with Crippen LogP contribution in [0.15, 0.2) is 6.33 Å². The molecule has 15 heavy (non-hydrogen) atoms. The standard InChI is InChI=1S/C10H17N3O2/c1-2-4-13-9(11-8-12-13)6-10(14)3-5-15-7-10/h8,14H,2-7H2,1H3. The van der Waals surface area contributed by atoms with E-state index in [2.05, 4.69) is 17.0 Å². The summed E-state index contributed by atoms with van der Waals surface area (Å²) in [7, 11) is 0. The number of aromatic nitrogens is 3. The van der Waals surface area contributed by atoms with Crippen LogP contribution in [0.2, 0.25) is 0 Å². The zero-order valence-electron chi connectivity index (χ0n) is 9.02. The molecule has 84 valence electrons. The average Bonchev–Trinajstić information content (AvgIpc) is 2.78. The summed E-state index contributed by atoms with van der Waals surface area (Å²) in [6.07, 6.45) is 3.79. The molecule has 2 rings (SSSR count). The van der Waals surface area contributed by atoms with E-state index >= 15 is 0 Å². The molecule has 0 aliphatic carbocycles. The van der Waals surface area contributed by atoms with Crippen molar-refractivity contribution in [1.29, 1.82) is 0 Å². The molecule has 0 spiro atoms. The molecule has 0 bridgehead atoms. The number of ether oxygens (including phenoxy) is 1. The number of rotatable bonds is 4. The Hall–Kier alpha value is -0.940. The summed E-state index contributed by atoms with van der Waals surface area (Å²) in [5.41, 5.74) is -0.738. The minimum absolute atomic E-state index is 0.409. The molecule has 0 radical (unpaired) electrons. The van der Waals surface area contributed by atoms with E-state index in [4.69, 9.17) is 4.74 Å². The third-order valence-corrected chi connectivity index (χ3v) is 2.70. The van der Waals surface area contributed by atoms with Crippen LogP contribution in [-0.4, -0.2) is 38.7 Å². The summed E-state index contributed by atoms with van der Waals surface area (Å²) in [5, 5.41) is 14.3. The second kappa shape index (κ2) is 4.28. The molecule has 1 aromatic rings. The quantitative estimate of drug-likeness (QED) is 0.782. The summed E-state index contributed by atoms with van der Waals surface area (Å²) in [4.78, 5) is 4.18. The van der Waals surface area contributed by atoms with Crippen LogP contribution in [0.4, 0.5) is 0 Å². The topological polar surface area (TPSA) is 60.2 Å². The highest BCUT2D eigenvalue weighted by Crippen LogP contribution is 2.22. The molecule has 1 aliphatic heterocycles. The molecule has 0 aromatic carbocycles. The summed E-state index contributed by atoms with van der Waals surface area (Å²) in [5.74, 6) is 0.852. The van der Waals surface area contributed by atoms with E-state index in [1.54, 1.807) is 6.33 Å². The van der Waals surface area contributed by atoms with Crippen LogP contribution in [0.3, 0.4) is 0 Å². The van der Waals surface area contributed by atoms with Gasteiger partial charge in [-0.05, 0) is 6.42 Å². The molecular weight excluding hydrogens is 194 g/mol. The first kappa shape index (κ1) is 10.6. The van der Waals surface area contributed by atoms with E-state index in [0.29, 0.717) is 26.1 Å². The fraction of sp³-hybridized carbons (Fsp3) is 0.800. The summed E-state index contributed by atoms with van der Waals surface area (Å²) < 4.78 is 7.06. The minimum atomic E-state index is -0.738. The molecule has 0 amide bonds. The van der Waals surface area contributed by atoms with Crippen molar-refractivity contribution in [2.24, 2.45) is 0 Å². The van der Waals surface area contributed by atoms with Gasteiger partial charge in [0.1, 0.15) is 12.2 Å². The maximum atomic E-state index is 10.1. The molecular formula is C10H17N3O2. The lowest BCUT2D eigenvalue weighted by Gasteiger charge is -2.19. The molecule has 5 nitrogen and oxygen atoms in total. The van der Waals surface area contributed by atoms with E-state index in [-0.39, 0.29) is 0 Å². The van der Waals surface area contributed by atoms with Crippen LogP contribution in [0.1, 0.15) is 25.6 Å². The third-order valence-electron chi connectivity index (χ3n) is 2.70. The largest absolute Gasteiger partial charge is 0.387 e. The SMILES string of the molecule is CCCn1ncnc1CC1(O)CCOC1. The first-order valence-electron chi connectivity index (χ1n) is 5.40. The van der Waals surface area contributed by atoms with Gasteiger partial charge in [-0.3, -0.25) is 4.68 Å². The van der Waals surface area contributed by atoms with Gasteiger partial charge in [0.25, 0.3) is 0 Å². The van der Waals surface area contributed by atoms with Crippen molar-refractivity contribution in [3.63, 3.8) is 0 Å². The Morgan fingerprint density at radius 3 is 3.20 bits per heavy atom. The van der Waals surface area contributed by atoms with E-state index in [1.165, 1.54) is 0 Å². The number of aryl methyl sites for hydroxylation is 1. The van der Waals surface area contributed by atoms with Crippen molar-refractivity contribution < 1.29 is 9.84 Å². The molecule has 1 fully saturated rings. The van der Waals surface area contributed by atoms with Gasteiger partial charge in [-0.1, -0.05) is 6.92 Å². The number of hydrogen-bond acceptors (Lipinski definition) is 4. The van der Waals surface area contributed by atoms with Crippen LogP contribution in [-0.2, 0) is 17.7 Å². The maximum absolute atomic E-state index is 10.1. The predicted octanol–water partition coefficient (Wildman–Crippen LogP) is 0.382. The summed E-state index contributed by atoms with van der Waals surface area (Å²) >= 11 is 0. The Bertz CT molecular complexity index is 318. The zero-order valence-corrected chi connectivity index (χ0v) is 9.02. The molecule has 1 saturated heterocycles. The van der Waals surface area contributed by atoms with Gasteiger partial charge < -0.3 is 9.84 Å². The zero-order chi connectivity index (χ0) is 10.7. The predicted molar refractivity (Wildman–Crippen MR) is 54.4 cm³/mol. The van der Waals surface area contributed by atoms with Crippen LogP contribution in [0.5, 0.6) is 0 Å². The molecule has 1 aliphatic rings. The van der Waals surface area contributed by atoms with Crippen molar-refractivity contribution in [3.8, 4) is 0 Å². The Labute approximate surface area is 89.1 Å². The monoisotopic (exact) mass is 211 g/mol. The maximum Gasteiger partial charge on any atom is 0.138 e. The average molecular weight is 211 g/mol. The molecule has 1 atom stereocenters. The van der Waals surface area contributed by atoms with Gasteiger partial charge in [-0.25, -0.2) is 4.98 Å². The number of hydrogen-bond donors (Lipinski definition) is 1. The lowest BCUT2D eigenvalue weighted by molar-refractivity contribution is 0.0245. The Balaban J connectivity index is 2.06. The highest BCUT2D eigenvalue weighted by Gasteiger charge is 2.33. The van der Waals surface area contributed by atoms with Gasteiger partial charge in [0.15, 0.2) is 0 Å². The Morgan fingerprint density at radius 1 is 1.67 bits per heavy atom. The fourth-order valence-electron chi connectivity index (χ4n) is 1.85. The van der Waals surface area contributed by atoms with Gasteiger partial charge >= 0.3 is 0 Å².